The fourth-order valence-corrected chi connectivity index (χ4v) is 4.25. The van der Waals surface area contributed by atoms with Crippen LogP contribution in [0.5, 0.6) is 0 Å². The third-order valence-corrected chi connectivity index (χ3v) is 6.01. The van der Waals surface area contributed by atoms with Gasteiger partial charge in [-0.15, -0.1) is 0 Å². The second-order valence-electron chi connectivity index (χ2n) is 8.85. The molecule has 0 aliphatic carbocycles. The average Bonchev–Trinajstić information content (AvgIpc) is 3.23. The number of halogens is 2. The Morgan fingerprint density at radius 1 is 0.865 bits per heavy atom. The fourth-order valence-electron chi connectivity index (χ4n) is 4.25. The van der Waals surface area contributed by atoms with Crippen LogP contribution in [0.1, 0.15) is 45.5 Å². The zero-order valence-corrected chi connectivity index (χ0v) is 20.4. The highest BCUT2D eigenvalue weighted by molar-refractivity contribution is 6.27. The van der Waals surface area contributed by atoms with Crippen molar-refractivity contribution in [2.24, 2.45) is 0 Å². The molecule has 0 bridgehead atoms. The fraction of sp³-hybridized carbons (Fsp3) is 0.250. The Labute approximate surface area is 212 Å². The predicted molar refractivity (Wildman–Crippen MR) is 131 cm³/mol. The number of carbonyl (C=O) groups excluding carboxylic acids is 1. The monoisotopic (exact) mass is 511 g/mol. The van der Waals surface area contributed by atoms with Crippen LogP contribution in [0, 0.1) is 11.6 Å². The van der Waals surface area contributed by atoms with E-state index in [-0.39, 0.29) is 17.4 Å². The van der Waals surface area contributed by atoms with Crippen LogP contribution in [0.15, 0.2) is 66.7 Å². The number of benzene rings is 3. The predicted octanol–water partition coefficient (Wildman–Crippen LogP) is 4.47. The standard InChI is InChI=1S/C26H25F2NO2.C2H2O4/c1-29(2)15-3-14-26(21-7-11-23(28)12-8-21)24-13-6-19(16-20(24)17-31-26)25(30)18-4-9-22(27)10-5-18;3-1(4)2(5)6/h4-13,16H,3,14-15,17H2,1-2H3;(H,3,4)(H,5,6)/t26-;/m0./s1. The van der Waals surface area contributed by atoms with Gasteiger partial charge >= 0.3 is 11.9 Å². The smallest absolute Gasteiger partial charge is 0.414 e. The minimum atomic E-state index is -1.82. The van der Waals surface area contributed by atoms with Crippen molar-refractivity contribution in [1.29, 1.82) is 0 Å². The van der Waals surface area contributed by atoms with Gasteiger partial charge < -0.3 is 19.8 Å². The average molecular weight is 512 g/mol. The van der Waals surface area contributed by atoms with Gasteiger partial charge in [-0.2, -0.15) is 0 Å². The van der Waals surface area contributed by atoms with Gasteiger partial charge in [0.1, 0.15) is 17.2 Å². The van der Waals surface area contributed by atoms with Crippen LogP contribution in [0.2, 0.25) is 0 Å². The van der Waals surface area contributed by atoms with Crippen molar-refractivity contribution in [2.75, 3.05) is 20.6 Å². The Bertz CT molecular complexity index is 1260. The van der Waals surface area contributed by atoms with Crippen molar-refractivity contribution >= 4 is 17.7 Å². The Hall–Kier alpha value is -3.95. The van der Waals surface area contributed by atoms with E-state index in [9.17, 15) is 13.6 Å². The molecule has 0 aromatic heterocycles. The molecule has 1 heterocycles. The first-order valence-corrected chi connectivity index (χ1v) is 11.5. The summed E-state index contributed by atoms with van der Waals surface area (Å²) in [5, 5.41) is 14.8. The number of ether oxygens (including phenoxy) is 1. The van der Waals surface area contributed by atoms with E-state index in [4.69, 9.17) is 24.5 Å². The molecular formula is C28H27F2NO6. The van der Waals surface area contributed by atoms with Gasteiger partial charge in [-0.05, 0) is 92.6 Å². The maximum atomic E-state index is 13.6. The lowest BCUT2D eigenvalue weighted by Crippen LogP contribution is -2.28. The number of ketones is 1. The molecule has 194 valence electrons. The second-order valence-corrected chi connectivity index (χ2v) is 8.85. The maximum Gasteiger partial charge on any atom is 0.414 e. The zero-order valence-electron chi connectivity index (χ0n) is 20.4. The molecule has 7 nitrogen and oxygen atoms in total. The van der Waals surface area contributed by atoms with Crippen molar-refractivity contribution in [1.82, 2.24) is 4.90 Å². The second kappa shape index (κ2) is 11.9. The molecule has 0 amide bonds. The number of carboxylic acids is 2. The molecule has 3 aromatic rings. The van der Waals surface area contributed by atoms with Gasteiger partial charge in [0.15, 0.2) is 5.78 Å². The summed E-state index contributed by atoms with van der Waals surface area (Å²) in [4.78, 5) is 33.2. The molecule has 0 spiro atoms. The molecule has 37 heavy (non-hydrogen) atoms. The topological polar surface area (TPSA) is 104 Å². The van der Waals surface area contributed by atoms with Crippen molar-refractivity contribution in [3.8, 4) is 0 Å². The third-order valence-electron chi connectivity index (χ3n) is 6.01. The first-order chi connectivity index (χ1) is 17.5. The SMILES string of the molecule is CN(C)CCC[C@@]1(c2ccc(F)cc2)OCc2cc(C(=O)c3ccc(F)cc3)ccc21.O=C(O)C(=O)O. The largest absolute Gasteiger partial charge is 0.473 e. The summed E-state index contributed by atoms with van der Waals surface area (Å²) in [5.41, 5.74) is 3.17. The number of rotatable bonds is 7. The number of hydrogen-bond donors (Lipinski definition) is 2. The molecule has 0 saturated carbocycles. The van der Waals surface area contributed by atoms with E-state index < -0.39 is 17.5 Å². The zero-order chi connectivity index (χ0) is 27.2. The van der Waals surface area contributed by atoms with E-state index in [0.717, 1.165) is 36.1 Å². The van der Waals surface area contributed by atoms with E-state index >= 15 is 0 Å². The molecule has 0 saturated heterocycles. The molecule has 4 rings (SSSR count). The molecule has 1 aliphatic rings. The molecule has 2 N–H and O–H groups in total. The minimum Gasteiger partial charge on any atom is -0.473 e. The number of carbonyl (C=O) groups is 3. The summed E-state index contributed by atoms with van der Waals surface area (Å²) in [7, 11) is 4.06. The molecule has 3 aromatic carbocycles. The summed E-state index contributed by atoms with van der Waals surface area (Å²) < 4.78 is 33.1. The van der Waals surface area contributed by atoms with Crippen LogP contribution >= 0.6 is 0 Å². The Kier molecular flexibility index (Phi) is 8.86. The van der Waals surface area contributed by atoms with Gasteiger partial charge in [-0.1, -0.05) is 24.3 Å². The first-order valence-electron chi connectivity index (χ1n) is 11.5. The lowest BCUT2D eigenvalue weighted by atomic mass is 9.81. The van der Waals surface area contributed by atoms with Gasteiger partial charge in [-0.25, -0.2) is 18.4 Å². The van der Waals surface area contributed by atoms with Crippen LogP contribution < -0.4 is 0 Å². The lowest BCUT2D eigenvalue weighted by Gasteiger charge is -2.31. The summed E-state index contributed by atoms with van der Waals surface area (Å²) >= 11 is 0. The molecule has 0 fully saturated rings. The number of carboxylic acid groups (broad SMARTS) is 2. The Morgan fingerprint density at radius 2 is 1.41 bits per heavy atom. The third kappa shape index (κ3) is 6.63. The van der Waals surface area contributed by atoms with Gasteiger partial charge in [0.05, 0.1) is 6.61 Å². The highest BCUT2D eigenvalue weighted by Crippen LogP contribution is 2.45. The van der Waals surface area contributed by atoms with Gasteiger partial charge in [-0.3, -0.25) is 4.79 Å². The lowest BCUT2D eigenvalue weighted by molar-refractivity contribution is -0.159. The number of fused-ring (bicyclic) bond motifs is 1. The van der Waals surface area contributed by atoms with E-state index in [1.165, 1.54) is 36.4 Å². The summed E-state index contributed by atoms with van der Waals surface area (Å²) in [6, 6.07) is 17.6. The number of aliphatic carboxylic acids is 2. The van der Waals surface area contributed by atoms with Crippen LogP contribution in [-0.4, -0.2) is 53.5 Å². The van der Waals surface area contributed by atoms with Crippen LogP contribution in [0.4, 0.5) is 8.78 Å². The highest BCUT2D eigenvalue weighted by atomic mass is 19.1. The van der Waals surface area contributed by atoms with Crippen molar-refractivity contribution in [2.45, 2.75) is 25.0 Å². The molecule has 0 radical (unpaired) electrons. The summed E-state index contributed by atoms with van der Waals surface area (Å²) in [6.45, 7) is 1.28. The van der Waals surface area contributed by atoms with E-state index in [0.29, 0.717) is 17.7 Å². The molecular weight excluding hydrogens is 484 g/mol. The summed E-state index contributed by atoms with van der Waals surface area (Å²) in [6.07, 6.45) is 1.65. The van der Waals surface area contributed by atoms with Gasteiger partial charge in [0.2, 0.25) is 0 Å². The molecule has 9 heteroatoms. The molecule has 1 atom stereocenters. The van der Waals surface area contributed by atoms with Crippen molar-refractivity contribution in [3.63, 3.8) is 0 Å². The van der Waals surface area contributed by atoms with Gasteiger partial charge in [0.25, 0.3) is 0 Å². The minimum absolute atomic E-state index is 0.158. The highest BCUT2D eigenvalue weighted by Gasteiger charge is 2.41. The van der Waals surface area contributed by atoms with Crippen LogP contribution in [-0.2, 0) is 26.5 Å². The quantitative estimate of drug-likeness (QED) is 0.356. The normalized spacial score (nSPS) is 16.0. The maximum absolute atomic E-state index is 13.6. The number of nitrogens with zero attached hydrogens (tertiary/aromatic N) is 1. The van der Waals surface area contributed by atoms with Crippen LogP contribution in [0.25, 0.3) is 0 Å². The van der Waals surface area contributed by atoms with Crippen molar-refractivity contribution in [3.05, 3.63) is 106 Å². The first kappa shape index (κ1) is 27.6. The molecule has 1 aliphatic heterocycles. The molecule has 0 unspecified atom stereocenters. The Morgan fingerprint density at radius 3 is 1.95 bits per heavy atom. The van der Waals surface area contributed by atoms with E-state index in [1.807, 2.05) is 26.2 Å². The van der Waals surface area contributed by atoms with Crippen molar-refractivity contribution < 1.29 is 38.1 Å². The van der Waals surface area contributed by atoms with Crippen LogP contribution in [0.3, 0.4) is 0 Å². The summed E-state index contributed by atoms with van der Waals surface area (Å²) in [5.74, 6) is -4.47. The van der Waals surface area contributed by atoms with Gasteiger partial charge in [0, 0.05) is 11.1 Å². The number of hydrogen-bond acceptors (Lipinski definition) is 5. The Balaban J connectivity index is 0.000000568. The van der Waals surface area contributed by atoms with E-state index in [1.54, 1.807) is 18.2 Å². The van der Waals surface area contributed by atoms with E-state index in [2.05, 4.69) is 4.90 Å².